The molecule has 3 N–H and O–H groups in total. The van der Waals surface area contributed by atoms with Crippen LogP contribution in [0.1, 0.15) is 63.4 Å². The number of aryl methyl sites for hydroxylation is 4. The summed E-state index contributed by atoms with van der Waals surface area (Å²) in [6.45, 7) is 12.7. The van der Waals surface area contributed by atoms with Gasteiger partial charge in [0.1, 0.15) is 17.9 Å². The number of nitrogens with zero attached hydrogens (tertiary/aromatic N) is 1. The van der Waals surface area contributed by atoms with Crippen molar-refractivity contribution < 1.29 is 14.6 Å². The lowest BCUT2D eigenvalue weighted by Crippen LogP contribution is -2.15. The molecule has 0 saturated heterocycles. The van der Waals surface area contributed by atoms with Gasteiger partial charge in [-0.15, -0.1) is 12.4 Å². The molecule has 0 spiro atoms. The molecule has 38 heavy (non-hydrogen) atoms. The van der Waals surface area contributed by atoms with Crippen LogP contribution in [-0.2, 0) is 19.6 Å². The second-order valence-corrected chi connectivity index (χ2v) is 10.2. The maximum absolute atomic E-state index is 12.4. The highest BCUT2D eigenvalue weighted by Gasteiger charge is 2.24. The Bertz CT molecular complexity index is 1480. The number of hydrogen-bond acceptors (Lipinski definition) is 4. The second-order valence-electron chi connectivity index (χ2n) is 10.2. The van der Waals surface area contributed by atoms with Gasteiger partial charge in [-0.1, -0.05) is 67.9 Å². The molecule has 1 heterocycles. The van der Waals surface area contributed by atoms with Crippen LogP contribution >= 0.6 is 12.4 Å². The maximum Gasteiger partial charge on any atom is 0.339 e. The molecule has 0 aliphatic rings. The average molecular weight is 533 g/mol. The van der Waals surface area contributed by atoms with Crippen molar-refractivity contribution >= 4 is 29.1 Å². The Morgan fingerprint density at radius 1 is 0.947 bits per heavy atom. The molecule has 6 heteroatoms. The largest absolute Gasteiger partial charge is 0.488 e. The SMILES string of the molecule is Cc1ccc(-c2c(COc3c(C(=O)O)c(C)c4ccccc4c3C)c(C)nc(CC(C)C)c2CN)cc1.Cl. The molecule has 0 bridgehead atoms. The molecule has 1 aromatic heterocycles. The van der Waals surface area contributed by atoms with E-state index in [0.29, 0.717) is 23.8 Å². The van der Waals surface area contributed by atoms with Crippen molar-refractivity contribution in [3.05, 3.63) is 93.3 Å². The molecular weight excluding hydrogens is 496 g/mol. The predicted molar refractivity (Wildman–Crippen MR) is 158 cm³/mol. The number of ether oxygens (including phenoxy) is 1. The van der Waals surface area contributed by atoms with Gasteiger partial charge in [0.25, 0.3) is 0 Å². The van der Waals surface area contributed by atoms with E-state index in [2.05, 4.69) is 45.0 Å². The van der Waals surface area contributed by atoms with E-state index in [1.165, 1.54) is 5.56 Å². The molecule has 0 amide bonds. The van der Waals surface area contributed by atoms with Gasteiger partial charge in [-0.05, 0) is 78.6 Å². The molecule has 0 aliphatic heterocycles. The number of hydrogen-bond donors (Lipinski definition) is 2. The fraction of sp³-hybridized carbons (Fsp3) is 0.312. The van der Waals surface area contributed by atoms with Gasteiger partial charge in [0.2, 0.25) is 0 Å². The zero-order valence-corrected chi connectivity index (χ0v) is 23.8. The summed E-state index contributed by atoms with van der Waals surface area (Å²) < 4.78 is 6.43. The van der Waals surface area contributed by atoms with Crippen molar-refractivity contribution in [1.29, 1.82) is 0 Å². The number of carbonyl (C=O) groups is 1. The van der Waals surface area contributed by atoms with E-state index in [0.717, 1.165) is 56.4 Å². The Morgan fingerprint density at radius 2 is 1.55 bits per heavy atom. The number of pyridine rings is 1. The first-order chi connectivity index (χ1) is 17.6. The minimum absolute atomic E-state index is 0. The number of carboxylic acid groups (broad SMARTS) is 1. The van der Waals surface area contributed by atoms with Crippen molar-refractivity contribution in [2.45, 2.75) is 61.1 Å². The molecule has 0 saturated carbocycles. The second kappa shape index (κ2) is 12.0. The van der Waals surface area contributed by atoms with Crippen molar-refractivity contribution in [2.75, 3.05) is 0 Å². The van der Waals surface area contributed by atoms with E-state index in [1.54, 1.807) is 0 Å². The number of halogens is 1. The number of aromatic carboxylic acids is 1. The van der Waals surface area contributed by atoms with Crippen LogP contribution in [0, 0.1) is 33.6 Å². The number of benzene rings is 3. The zero-order chi connectivity index (χ0) is 26.9. The molecule has 0 fully saturated rings. The Balaban J connectivity index is 0.00000400. The van der Waals surface area contributed by atoms with Gasteiger partial charge in [0.05, 0.1) is 0 Å². The summed E-state index contributed by atoms with van der Waals surface area (Å²) in [5, 5.41) is 12.0. The van der Waals surface area contributed by atoms with Gasteiger partial charge in [-0.25, -0.2) is 4.79 Å². The summed E-state index contributed by atoms with van der Waals surface area (Å²) >= 11 is 0. The highest BCUT2D eigenvalue weighted by molar-refractivity contribution is 6.02. The molecular formula is C32H37ClN2O3. The molecule has 4 rings (SSSR count). The molecule has 200 valence electrons. The summed E-state index contributed by atoms with van der Waals surface area (Å²) in [6, 6.07) is 16.3. The fourth-order valence-electron chi connectivity index (χ4n) is 5.20. The fourth-order valence-corrected chi connectivity index (χ4v) is 5.20. The highest BCUT2D eigenvalue weighted by Crippen LogP contribution is 2.38. The van der Waals surface area contributed by atoms with Crippen molar-refractivity contribution in [3.63, 3.8) is 0 Å². The van der Waals surface area contributed by atoms with Crippen LogP contribution < -0.4 is 10.5 Å². The average Bonchev–Trinajstić information content (AvgIpc) is 2.85. The number of fused-ring (bicyclic) bond motifs is 1. The van der Waals surface area contributed by atoms with Crippen LogP contribution in [0.4, 0.5) is 0 Å². The number of aromatic nitrogens is 1. The minimum Gasteiger partial charge on any atom is -0.488 e. The van der Waals surface area contributed by atoms with Crippen LogP contribution in [0.15, 0.2) is 48.5 Å². The number of carboxylic acids is 1. The topological polar surface area (TPSA) is 85.4 Å². The van der Waals surface area contributed by atoms with Gasteiger partial charge >= 0.3 is 5.97 Å². The Hall–Kier alpha value is -3.41. The highest BCUT2D eigenvalue weighted by atomic mass is 35.5. The maximum atomic E-state index is 12.4. The first-order valence-electron chi connectivity index (χ1n) is 12.8. The Morgan fingerprint density at radius 3 is 2.11 bits per heavy atom. The number of nitrogens with two attached hydrogens (primary N) is 1. The van der Waals surface area contributed by atoms with Gasteiger partial charge in [-0.3, -0.25) is 4.98 Å². The third kappa shape index (κ3) is 5.54. The van der Waals surface area contributed by atoms with Crippen LogP contribution in [0.25, 0.3) is 21.9 Å². The quantitative estimate of drug-likeness (QED) is 0.245. The minimum atomic E-state index is -0.995. The Kier molecular flexibility index (Phi) is 9.18. The molecule has 3 aromatic carbocycles. The Labute approximate surface area is 231 Å². The number of rotatable bonds is 8. The lowest BCUT2D eigenvalue weighted by molar-refractivity contribution is 0.0691. The summed E-state index contributed by atoms with van der Waals surface area (Å²) in [5.41, 5.74) is 15.2. The standard InChI is InChI=1S/C32H36N2O3.ClH/c1-18(2)15-28-26(16-33)30(23-13-11-19(3)12-14-23)27(22(6)34-28)17-37-31-21(5)25-10-8-7-9-24(25)20(4)29(31)32(35)36;/h7-14,18H,15-17,33H2,1-6H3,(H,35,36);1H. The van der Waals surface area contributed by atoms with Gasteiger partial charge in [0, 0.05) is 23.5 Å². The van der Waals surface area contributed by atoms with E-state index in [4.69, 9.17) is 15.5 Å². The van der Waals surface area contributed by atoms with Crippen LogP contribution in [-0.4, -0.2) is 16.1 Å². The smallest absolute Gasteiger partial charge is 0.339 e. The van der Waals surface area contributed by atoms with Crippen LogP contribution in [0.5, 0.6) is 5.75 Å². The monoisotopic (exact) mass is 532 g/mol. The first-order valence-corrected chi connectivity index (χ1v) is 12.8. The lowest BCUT2D eigenvalue weighted by atomic mass is 9.90. The van der Waals surface area contributed by atoms with Crippen molar-refractivity contribution in [2.24, 2.45) is 11.7 Å². The van der Waals surface area contributed by atoms with E-state index in [1.807, 2.05) is 45.0 Å². The van der Waals surface area contributed by atoms with Crippen LogP contribution in [0.2, 0.25) is 0 Å². The molecule has 0 unspecified atom stereocenters. The molecule has 0 radical (unpaired) electrons. The summed E-state index contributed by atoms with van der Waals surface area (Å²) in [6.07, 6.45) is 0.833. The zero-order valence-electron chi connectivity index (χ0n) is 23.0. The van der Waals surface area contributed by atoms with E-state index >= 15 is 0 Å². The first kappa shape index (κ1) is 29.2. The normalized spacial score (nSPS) is 11.1. The molecule has 0 aliphatic carbocycles. The van der Waals surface area contributed by atoms with E-state index < -0.39 is 5.97 Å². The van der Waals surface area contributed by atoms with Gasteiger partial charge in [0.15, 0.2) is 0 Å². The summed E-state index contributed by atoms with van der Waals surface area (Å²) in [4.78, 5) is 17.3. The lowest BCUT2D eigenvalue weighted by Gasteiger charge is -2.23. The van der Waals surface area contributed by atoms with E-state index in [-0.39, 0.29) is 24.6 Å². The van der Waals surface area contributed by atoms with Crippen molar-refractivity contribution in [1.82, 2.24) is 4.98 Å². The third-order valence-corrected chi connectivity index (χ3v) is 7.09. The van der Waals surface area contributed by atoms with Crippen molar-refractivity contribution in [3.8, 4) is 16.9 Å². The molecule has 0 atom stereocenters. The third-order valence-electron chi connectivity index (χ3n) is 7.09. The van der Waals surface area contributed by atoms with Gasteiger partial charge in [-0.2, -0.15) is 0 Å². The molecule has 5 nitrogen and oxygen atoms in total. The van der Waals surface area contributed by atoms with Gasteiger partial charge < -0.3 is 15.6 Å². The summed E-state index contributed by atoms with van der Waals surface area (Å²) in [7, 11) is 0. The van der Waals surface area contributed by atoms with Crippen LogP contribution in [0.3, 0.4) is 0 Å². The van der Waals surface area contributed by atoms with E-state index in [9.17, 15) is 9.90 Å². The molecule has 4 aromatic rings. The summed E-state index contributed by atoms with van der Waals surface area (Å²) in [5.74, 6) is -0.157. The predicted octanol–water partition coefficient (Wildman–Crippen LogP) is 7.49.